The van der Waals surface area contributed by atoms with E-state index in [1.165, 1.54) is 0 Å². The van der Waals surface area contributed by atoms with Crippen LogP contribution in [-0.4, -0.2) is 22.9 Å². The monoisotopic (exact) mass is 208 g/mol. The van der Waals surface area contributed by atoms with Gasteiger partial charge in [0.05, 0.1) is 6.42 Å². The third-order valence-corrected chi connectivity index (χ3v) is 2.30. The van der Waals surface area contributed by atoms with E-state index in [2.05, 4.69) is 15.3 Å². The number of hydrogen-bond acceptors (Lipinski definition) is 4. The Balaban J connectivity index is 2.92. The number of primary amides is 1. The molecule has 5 heteroatoms. The normalized spacial score (nSPS) is 12.5. The lowest BCUT2D eigenvalue weighted by molar-refractivity contribution is -0.117. The van der Waals surface area contributed by atoms with Crippen molar-refractivity contribution >= 4 is 5.91 Å². The van der Waals surface area contributed by atoms with Gasteiger partial charge in [0.2, 0.25) is 5.91 Å². The number of rotatable bonds is 4. The van der Waals surface area contributed by atoms with Gasteiger partial charge in [-0.25, -0.2) is 9.97 Å². The molecule has 0 bridgehead atoms. The predicted octanol–water partition coefficient (Wildman–Crippen LogP) is 0.0932. The summed E-state index contributed by atoms with van der Waals surface area (Å²) in [4.78, 5) is 19.0. The highest BCUT2D eigenvalue weighted by Gasteiger charge is 2.09. The van der Waals surface area contributed by atoms with Crippen LogP contribution in [0, 0.1) is 6.92 Å². The first-order chi connectivity index (χ1) is 7.04. The van der Waals surface area contributed by atoms with Crippen LogP contribution >= 0.6 is 0 Å². The van der Waals surface area contributed by atoms with Crippen molar-refractivity contribution in [2.75, 3.05) is 7.05 Å². The molecule has 3 N–H and O–H groups in total. The summed E-state index contributed by atoms with van der Waals surface area (Å²) >= 11 is 0. The van der Waals surface area contributed by atoms with Crippen molar-refractivity contribution in [2.45, 2.75) is 26.3 Å². The molecule has 1 aromatic heterocycles. The SMILES string of the molecule is CNC(C)c1cnc(CC(N)=O)nc1C. The molecule has 15 heavy (non-hydrogen) atoms. The summed E-state index contributed by atoms with van der Waals surface area (Å²) in [7, 11) is 1.88. The molecule has 1 aromatic rings. The largest absolute Gasteiger partial charge is 0.369 e. The van der Waals surface area contributed by atoms with E-state index in [1.54, 1.807) is 6.20 Å². The highest BCUT2D eigenvalue weighted by molar-refractivity contribution is 5.75. The second-order valence-corrected chi connectivity index (χ2v) is 3.48. The molecule has 1 unspecified atom stereocenters. The number of aromatic nitrogens is 2. The Morgan fingerprint density at radius 3 is 2.80 bits per heavy atom. The molecule has 0 saturated carbocycles. The molecule has 5 nitrogen and oxygen atoms in total. The van der Waals surface area contributed by atoms with Gasteiger partial charge in [-0.1, -0.05) is 0 Å². The van der Waals surface area contributed by atoms with Crippen LogP contribution in [0.25, 0.3) is 0 Å². The number of carbonyl (C=O) groups is 1. The maximum atomic E-state index is 10.7. The summed E-state index contributed by atoms with van der Waals surface area (Å²) < 4.78 is 0. The van der Waals surface area contributed by atoms with Crippen LogP contribution in [0.15, 0.2) is 6.20 Å². The topological polar surface area (TPSA) is 80.9 Å². The molecular formula is C10H16N4O. The number of nitrogens with zero attached hydrogens (tertiary/aromatic N) is 2. The van der Waals surface area contributed by atoms with Crippen molar-refractivity contribution in [1.82, 2.24) is 15.3 Å². The first-order valence-electron chi connectivity index (χ1n) is 4.82. The maximum absolute atomic E-state index is 10.7. The molecule has 0 fully saturated rings. The highest BCUT2D eigenvalue weighted by Crippen LogP contribution is 2.13. The summed E-state index contributed by atoms with van der Waals surface area (Å²) in [5.74, 6) is 0.0656. The Hall–Kier alpha value is -1.49. The van der Waals surface area contributed by atoms with Gasteiger partial charge in [0.15, 0.2) is 0 Å². The molecule has 0 aromatic carbocycles. The van der Waals surface area contributed by atoms with E-state index in [-0.39, 0.29) is 12.5 Å². The zero-order chi connectivity index (χ0) is 11.4. The van der Waals surface area contributed by atoms with Crippen LogP contribution in [-0.2, 0) is 11.2 Å². The average Bonchev–Trinajstić information content (AvgIpc) is 2.16. The molecule has 1 atom stereocenters. The lowest BCUT2D eigenvalue weighted by atomic mass is 10.1. The Morgan fingerprint density at radius 1 is 1.67 bits per heavy atom. The minimum Gasteiger partial charge on any atom is -0.369 e. The number of hydrogen-bond donors (Lipinski definition) is 2. The number of aryl methyl sites for hydroxylation is 1. The molecule has 1 amide bonds. The quantitative estimate of drug-likeness (QED) is 0.735. The average molecular weight is 208 g/mol. The number of nitrogens with one attached hydrogen (secondary N) is 1. The number of nitrogens with two attached hydrogens (primary N) is 1. The van der Waals surface area contributed by atoms with Crippen molar-refractivity contribution < 1.29 is 4.79 Å². The first kappa shape index (κ1) is 11.6. The van der Waals surface area contributed by atoms with Crippen LogP contribution in [0.1, 0.15) is 30.0 Å². The van der Waals surface area contributed by atoms with Gasteiger partial charge in [0.1, 0.15) is 5.82 Å². The van der Waals surface area contributed by atoms with Gasteiger partial charge in [-0.05, 0) is 20.9 Å². The zero-order valence-electron chi connectivity index (χ0n) is 9.24. The summed E-state index contributed by atoms with van der Waals surface area (Å²) in [5, 5.41) is 3.11. The smallest absolute Gasteiger partial charge is 0.225 e. The fraction of sp³-hybridized carbons (Fsp3) is 0.500. The van der Waals surface area contributed by atoms with Gasteiger partial charge >= 0.3 is 0 Å². The van der Waals surface area contributed by atoms with E-state index < -0.39 is 5.91 Å². The lowest BCUT2D eigenvalue weighted by Crippen LogP contribution is -2.18. The van der Waals surface area contributed by atoms with E-state index in [1.807, 2.05) is 20.9 Å². The number of carbonyl (C=O) groups excluding carboxylic acids is 1. The molecule has 0 aliphatic carbocycles. The van der Waals surface area contributed by atoms with E-state index in [0.29, 0.717) is 5.82 Å². The van der Waals surface area contributed by atoms with Gasteiger partial charge < -0.3 is 11.1 Å². The molecule has 0 spiro atoms. The van der Waals surface area contributed by atoms with Gasteiger partial charge in [0.25, 0.3) is 0 Å². The summed E-state index contributed by atoms with van der Waals surface area (Å²) in [6.45, 7) is 3.93. The van der Waals surface area contributed by atoms with Crippen LogP contribution in [0.4, 0.5) is 0 Å². The molecule has 0 radical (unpaired) electrons. The van der Waals surface area contributed by atoms with Gasteiger partial charge in [-0.2, -0.15) is 0 Å². The minimum atomic E-state index is -0.413. The molecule has 1 heterocycles. The molecule has 0 aliphatic heterocycles. The highest BCUT2D eigenvalue weighted by atomic mass is 16.1. The summed E-state index contributed by atoms with van der Waals surface area (Å²) in [5.41, 5.74) is 6.98. The molecule has 0 saturated heterocycles. The Morgan fingerprint density at radius 2 is 2.33 bits per heavy atom. The van der Waals surface area contributed by atoms with Gasteiger partial charge in [-0.3, -0.25) is 4.79 Å². The van der Waals surface area contributed by atoms with E-state index in [9.17, 15) is 4.79 Å². The fourth-order valence-electron chi connectivity index (χ4n) is 1.35. The standard InChI is InChI=1S/C10H16N4O/c1-6(12-3)8-5-13-10(4-9(11)15)14-7(8)2/h5-6,12H,4H2,1-3H3,(H2,11,15). The van der Waals surface area contributed by atoms with Gasteiger partial charge in [0, 0.05) is 23.5 Å². The zero-order valence-corrected chi connectivity index (χ0v) is 9.24. The van der Waals surface area contributed by atoms with Crippen molar-refractivity contribution in [3.05, 3.63) is 23.3 Å². The van der Waals surface area contributed by atoms with Crippen molar-refractivity contribution in [1.29, 1.82) is 0 Å². The maximum Gasteiger partial charge on any atom is 0.225 e. The Labute approximate surface area is 89.1 Å². The van der Waals surface area contributed by atoms with Crippen LogP contribution in [0.3, 0.4) is 0 Å². The molecular weight excluding hydrogens is 192 g/mol. The second kappa shape index (κ2) is 4.84. The second-order valence-electron chi connectivity index (χ2n) is 3.48. The van der Waals surface area contributed by atoms with Crippen molar-refractivity contribution in [2.24, 2.45) is 5.73 Å². The third kappa shape index (κ3) is 2.99. The van der Waals surface area contributed by atoms with Crippen molar-refractivity contribution in [3.63, 3.8) is 0 Å². The fourth-order valence-corrected chi connectivity index (χ4v) is 1.35. The van der Waals surface area contributed by atoms with Crippen molar-refractivity contribution in [3.8, 4) is 0 Å². The number of amides is 1. The van der Waals surface area contributed by atoms with E-state index in [0.717, 1.165) is 11.3 Å². The Bertz CT molecular complexity index is 364. The molecule has 0 aliphatic rings. The van der Waals surface area contributed by atoms with Crippen LogP contribution in [0.2, 0.25) is 0 Å². The van der Waals surface area contributed by atoms with E-state index in [4.69, 9.17) is 5.73 Å². The Kier molecular flexibility index (Phi) is 3.74. The van der Waals surface area contributed by atoms with Crippen LogP contribution < -0.4 is 11.1 Å². The summed E-state index contributed by atoms with van der Waals surface area (Å²) in [6.07, 6.45) is 1.83. The molecule has 82 valence electrons. The summed E-state index contributed by atoms with van der Waals surface area (Å²) in [6, 6.07) is 0.202. The third-order valence-electron chi connectivity index (χ3n) is 2.30. The van der Waals surface area contributed by atoms with Gasteiger partial charge in [-0.15, -0.1) is 0 Å². The minimum absolute atomic E-state index is 0.0923. The molecule has 1 rings (SSSR count). The predicted molar refractivity (Wildman–Crippen MR) is 57.1 cm³/mol. The first-order valence-corrected chi connectivity index (χ1v) is 4.82. The lowest BCUT2D eigenvalue weighted by Gasteiger charge is -2.12. The van der Waals surface area contributed by atoms with Crippen LogP contribution in [0.5, 0.6) is 0 Å². The van der Waals surface area contributed by atoms with E-state index >= 15 is 0 Å².